The molecule has 3 N–H and O–H groups in total. The zero-order chi connectivity index (χ0) is 11.3. The van der Waals surface area contributed by atoms with E-state index in [4.69, 9.17) is 23.8 Å². The summed E-state index contributed by atoms with van der Waals surface area (Å²) >= 11 is 9.30. The van der Waals surface area contributed by atoms with Gasteiger partial charge in [0.1, 0.15) is 0 Å². The van der Waals surface area contributed by atoms with E-state index in [1.807, 2.05) is 18.2 Å². The first kappa shape index (κ1) is 12.5. The van der Waals surface area contributed by atoms with Crippen LogP contribution in [0.25, 0.3) is 0 Å². The monoisotopic (exact) mass is 286 g/mol. The topological polar surface area (TPSA) is 38.0 Å². The van der Waals surface area contributed by atoms with Gasteiger partial charge in [0.05, 0.1) is 6.54 Å². The van der Waals surface area contributed by atoms with Crippen LogP contribution in [0.3, 0.4) is 0 Å². The zero-order valence-electron chi connectivity index (χ0n) is 8.13. The van der Waals surface area contributed by atoms with Crippen LogP contribution in [-0.4, -0.2) is 13.1 Å². The minimum Gasteiger partial charge on any atom is -0.329 e. The highest BCUT2D eigenvalue weighted by Gasteiger charge is 2.11. The molecule has 2 nitrogen and oxygen atoms in total. The highest BCUT2D eigenvalue weighted by Crippen LogP contribution is 2.26. The predicted octanol–water partition coefficient (Wildman–Crippen LogP) is 2.33. The molecule has 1 aromatic carbocycles. The van der Waals surface area contributed by atoms with Crippen molar-refractivity contribution in [2.75, 3.05) is 13.1 Å². The molecular weight excluding hydrogens is 275 g/mol. The number of halogens is 2. The minimum atomic E-state index is 0.0488. The maximum absolute atomic E-state index is 5.86. The van der Waals surface area contributed by atoms with Gasteiger partial charge in [-0.15, -0.1) is 6.42 Å². The van der Waals surface area contributed by atoms with Crippen molar-refractivity contribution in [3.05, 3.63) is 33.3 Å². The molecule has 0 aliphatic rings. The molecule has 0 amide bonds. The van der Waals surface area contributed by atoms with Crippen molar-refractivity contribution in [2.24, 2.45) is 5.73 Å². The third-order valence-corrected chi connectivity index (χ3v) is 2.95. The Kier molecular flexibility index (Phi) is 5.13. The molecule has 0 saturated heterocycles. The first-order valence-electron chi connectivity index (χ1n) is 4.51. The van der Waals surface area contributed by atoms with Crippen molar-refractivity contribution < 1.29 is 0 Å². The molecule has 1 unspecified atom stereocenters. The normalized spacial score (nSPS) is 12.1. The number of hydrogen-bond acceptors (Lipinski definition) is 2. The van der Waals surface area contributed by atoms with Crippen molar-refractivity contribution >= 4 is 27.5 Å². The first-order chi connectivity index (χ1) is 7.19. The number of benzene rings is 1. The summed E-state index contributed by atoms with van der Waals surface area (Å²) in [6.45, 7) is 0.985. The molecule has 1 rings (SSSR count). The molecule has 80 valence electrons. The van der Waals surface area contributed by atoms with E-state index in [0.717, 1.165) is 10.0 Å². The van der Waals surface area contributed by atoms with Crippen LogP contribution in [0.5, 0.6) is 0 Å². The van der Waals surface area contributed by atoms with E-state index < -0.39 is 0 Å². The van der Waals surface area contributed by atoms with Crippen LogP contribution in [0.4, 0.5) is 0 Å². The van der Waals surface area contributed by atoms with Crippen LogP contribution in [-0.2, 0) is 0 Å². The van der Waals surface area contributed by atoms with Gasteiger partial charge >= 0.3 is 0 Å². The SMILES string of the molecule is C#CCNC(CN)c1ccc(Cl)cc1Br. The second-order valence-corrected chi connectivity index (χ2v) is 4.33. The molecule has 0 aliphatic carbocycles. The summed E-state index contributed by atoms with van der Waals surface area (Å²) in [7, 11) is 0. The summed E-state index contributed by atoms with van der Waals surface area (Å²) in [4.78, 5) is 0. The Balaban J connectivity index is 2.87. The number of nitrogens with two attached hydrogens (primary N) is 1. The van der Waals surface area contributed by atoms with Crippen molar-refractivity contribution in [1.29, 1.82) is 0 Å². The maximum Gasteiger partial charge on any atom is 0.0578 e. The van der Waals surface area contributed by atoms with Gasteiger partial charge in [-0.2, -0.15) is 0 Å². The van der Waals surface area contributed by atoms with Gasteiger partial charge < -0.3 is 5.73 Å². The second kappa shape index (κ2) is 6.14. The fourth-order valence-electron chi connectivity index (χ4n) is 1.29. The van der Waals surface area contributed by atoms with E-state index in [-0.39, 0.29) is 6.04 Å². The van der Waals surface area contributed by atoms with Crippen molar-refractivity contribution in [3.63, 3.8) is 0 Å². The lowest BCUT2D eigenvalue weighted by atomic mass is 10.1. The molecule has 0 radical (unpaired) electrons. The molecule has 0 aliphatic heterocycles. The number of nitrogens with one attached hydrogen (secondary N) is 1. The van der Waals surface area contributed by atoms with Crippen LogP contribution < -0.4 is 11.1 Å². The Labute approximate surface area is 103 Å². The first-order valence-corrected chi connectivity index (χ1v) is 5.68. The molecule has 0 fully saturated rings. The van der Waals surface area contributed by atoms with Gasteiger partial charge in [-0.25, -0.2) is 0 Å². The smallest absolute Gasteiger partial charge is 0.0578 e. The van der Waals surface area contributed by atoms with Gasteiger partial charge in [0, 0.05) is 22.1 Å². The fourth-order valence-corrected chi connectivity index (χ4v) is 2.25. The summed E-state index contributed by atoms with van der Waals surface area (Å²) in [5, 5.41) is 3.85. The Morgan fingerprint density at radius 3 is 2.87 bits per heavy atom. The summed E-state index contributed by atoms with van der Waals surface area (Å²) in [6.07, 6.45) is 5.19. The summed E-state index contributed by atoms with van der Waals surface area (Å²) < 4.78 is 0.940. The van der Waals surface area contributed by atoms with Crippen LogP contribution >= 0.6 is 27.5 Å². The highest BCUT2D eigenvalue weighted by molar-refractivity contribution is 9.10. The van der Waals surface area contributed by atoms with E-state index in [2.05, 4.69) is 27.2 Å². The Morgan fingerprint density at radius 2 is 2.33 bits per heavy atom. The molecule has 4 heteroatoms. The maximum atomic E-state index is 5.86. The van der Waals surface area contributed by atoms with Crippen LogP contribution in [0.1, 0.15) is 11.6 Å². The molecule has 0 aromatic heterocycles. The molecule has 0 bridgehead atoms. The Morgan fingerprint density at radius 1 is 1.60 bits per heavy atom. The molecule has 15 heavy (non-hydrogen) atoms. The third kappa shape index (κ3) is 3.51. The molecule has 0 saturated carbocycles. The Bertz CT molecular complexity index is 373. The fraction of sp³-hybridized carbons (Fsp3) is 0.273. The molecule has 1 aromatic rings. The van der Waals surface area contributed by atoms with E-state index in [0.29, 0.717) is 18.1 Å². The lowest BCUT2D eigenvalue weighted by Gasteiger charge is -2.17. The zero-order valence-corrected chi connectivity index (χ0v) is 10.5. The van der Waals surface area contributed by atoms with Crippen LogP contribution in [0.15, 0.2) is 22.7 Å². The van der Waals surface area contributed by atoms with Gasteiger partial charge in [0.15, 0.2) is 0 Å². The highest BCUT2D eigenvalue weighted by atomic mass is 79.9. The molecular formula is C11H12BrClN2. The van der Waals surface area contributed by atoms with Gasteiger partial charge in [-0.1, -0.05) is 39.5 Å². The van der Waals surface area contributed by atoms with E-state index in [9.17, 15) is 0 Å². The van der Waals surface area contributed by atoms with Gasteiger partial charge in [0.25, 0.3) is 0 Å². The average Bonchev–Trinajstić information content (AvgIpc) is 2.21. The van der Waals surface area contributed by atoms with Gasteiger partial charge in [0.2, 0.25) is 0 Å². The van der Waals surface area contributed by atoms with Gasteiger partial charge in [-0.05, 0) is 17.7 Å². The van der Waals surface area contributed by atoms with Crippen molar-refractivity contribution in [2.45, 2.75) is 6.04 Å². The van der Waals surface area contributed by atoms with E-state index >= 15 is 0 Å². The standard InChI is InChI=1S/C11H12BrClN2/c1-2-5-15-11(7-14)9-4-3-8(13)6-10(9)12/h1,3-4,6,11,15H,5,7,14H2. The van der Waals surface area contributed by atoms with Gasteiger partial charge in [-0.3, -0.25) is 5.32 Å². The summed E-state index contributed by atoms with van der Waals surface area (Å²) in [5.74, 6) is 2.53. The lowest BCUT2D eigenvalue weighted by Crippen LogP contribution is -2.28. The largest absolute Gasteiger partial charge is 0.329 e. The molecule has 0 heterocycles. The van der Waals surface area contributed by atoms with Crippen LogP contribution in [0.2, 0.25) is 5.02 Å². The summed E-state index contributed by atoms with van der Waals surface area (Å²) in [6, 6.07) is 5.67. The summed E-state index contributed by atoms with van der Waals surface area (Å²) in [5.41, 5.74) is 6.73. The second-order valence-electron chi connectivity index (χ2n) is 3.04. The van der Waals surface area contributed by atoms with E-state index in [1.54, 1.807) is 0 Å². The Hall–Kier alpha value is -0.530. The number of terminal acetylenes is 1. The average molecular weight is 288 g/mol. The number of hydrogen-bond donors (Lipinski definition) is 2. The third-order valence-electron chi connectivity index (χ3n) is 2.02. The van der Waals surface area contributed by atoms with Crippen LogP contribution in [0, 0.1) is 12.3 Å². The quantitative estimate of drug-likeness (QED) is 0.834. The predicted molar refractivity (Wildman–Crippen MR) is 67.8 cm³/mol. The van der Waals surface area contributed by atoms with Crippen molar-refractivity contribution in [1.82, 2.24) is 5.32 Å². The molecule has 1 atom stereocenters. The minimum absolute atomic E-state index is 0.0488. The van der Waals surface area contributed by atoms with E-state index in [1.165, 1.54) is 0 Å². The number of rotatable bonds is 4. The molecule has 0 spiro atoms. The van der Waals surface area contributed by atoms with Crippen molar-refractivity contribution in [3.8, 4) is 12.3 Å². The lowest BCUT2D eigenvalue weighted by molar-refractivity contribution is 0.580.